The number of hydrogen-bond donors (Lipinski definition) is 1. The van der Waals surface area contributed by atoms with Gasteiger partial charge in [-0.3, -0.25) is 4.79 Å². The van der Waals surface area contributed by atoms with Gasteiger partial charge in [0.2, 0.25) is 11.7 Å². The van der Waals surface area contributed by atoms with Gasteiger partial charge in [0.05, 0.1) is 6.04 Å². The second-order valence-corrected chi connectivity index (χ2v) is 9.14. The molecule has 0 spiro atoms. The second kappa shape index (κ2) is 8.47. The monoisotopic (exact) mass is 437 g/mol. The predicted octanol–water partition coefficient (Wildman–Crippen LogP) is 3.45. The van der Waals surface area contributed by atoms with Gasteiger partial charge in [0.25, 0.3) is 5.91 Å². The van der Waals surface area contributed by atoms with Crippen LogP contribution >= 0.6 is 0 Å². The van der Waals surface area contributed by atoms with Crippen LogP contribution in [0.3, 0.4) is 0 Å². The summed E-state index contributed by atoms with van der Waals surface area (Å²) in [7, 11) is -3.36. The Balaban J connectivity index is 1.90. The lowest BCUT2D eigenvalue weighted by atomic mass is 10.1. The van der Waals surface area contributed by atoms with Crippen LogP contribution < -0.4 is 10.1 Å². The van der Waals surface area contributed by atoms with Crippen LogP contribution in [0.15, 0.2) is 48.0 Å². The molecule has 10 heteroatoms. The van der Waals surface area contributed by atoms with Gasteiger partial charge in [0.1, 0.15) is 11.3 Å². The Morgan fingerprint density at radius 3 is 2.53 bits per heavy atom. The summed E-state index contributed by atoms with van der Waals surface area (Å²) < 4.78 is 55.8. The van der Waals surface area contributed by atoms with Crippen LogP contribution in [0, 0.1) is 5.92 Å². The van der Waals surface area contributed by atoms with Crippen molar-refractivity contribution in [2.75, 3.05) is 6.26 Å². The van der Waals surface area contributed by atoms with Crippen molar-refractivity contribution < 1.29 is 26.7 Å². The molecule has 1 heterocycles. The van der Waals surface area contributed by atoms with E-state index in [4.69, 9.17) is 4.74 Å². The molecule has 0 bridgehead atoms. The van der Waals surface area contributed by atoms with Crippen molar-refractivity contribution in [3.63, 3.8) is 0 Å². The number of nitrogens with zero attached hydrogens (tertiary/aromatic N) is 2. The minimum absolute atomic E-state index is 0.102. The largest absolute Gasteiger partial charge is 0.438 e. The minimum Gasteiger partial charge on any atom is -0.438 e. The molecule has 7 nitrogen and oxygen atoms in total. The van der Waals surface area contributed by atoms with Crippen molar-refractivity contribution in [2.24, 2.45) is 5.92 Å². The number of carbonyl (C=O) groups is 1. The smallest absolute Gasteiger partial charge is 0.303 e. The van der Waals surface area contributed by atoms with Gasteiger partial charge in [-0.2, -0.15) is 13.8 Å². The molecule has 0 saturated heterocycles. The van der Waals surface area contributed by atoms with Crippen molar-refractivity contribution in [2.45, 2.75) is 31.7 Å². The summed E-state index contributed by atoms with van der Waals surface area (Å²) in [5.41, 5.74) is -0.134. The molecular weight excluding hydrogens is 416 g/mol. The molecule has 1 fully saturated rings. The summed E-state index contributed by atoms with van der Waals surface area (Å²) in [6.45, 7) is 0.646. The van der Waals surface area contributed by atoms with Crippen molar-refractivity contribution in [3.8, 4) is 11.6 Å². The summed E-state index contributed by atoms with van der Waals surface area (Å²) >= 11 is 0. The predicted molar refractivity (Wildman–Crippen MR) is 106 cm³/mol. The molecule has 30 heavy (non-hydrogen) atoms. The zero-order chi connectivity index (χ0) is 21.9. The van der Waals surface area contributed by atoms with Gasteiger partial charge in [0, 0.05) is 24.8 Å². The lowest BCUT2D eigenvalue weighted by molar-refractivity contribution is 0.00707. The van der Waals surface area contributed by atoms with Crippen LogP contribution in [0.25, 0.3) is 0 Å². The maximum Gasteiger partial charge on any atom is 0.303 e. The average Bonchev–Trinajstić information content (AvgIpc) is 3.49. The zero-order valence-electron chi connectivity index (χ0n) is 16.4. The van der Waals surface area contributed by atoms with E-state index in [9.17, 15) is 22.0 Å². The molecule has 1 N–H and O–H groups in total. The van der Waals surface area contributed by atoms with Crippen LogP contribution in [-0.2, 0) is 15.8 Å². The van der Waals surface area contributed by atoms with E-state index in [2.05, 4.69) is 15.3 Å². The van der Waals surface area contributed by atoms with Gasteiger partial charge >= 0.3 is 5.92 Å². The van der Waals surface area contributed by atoms with Crippen LogP contribution in [0.1, 0.15) is 35.9 Å². The van der Waals surface area contributed by atoms with Crippen molar-refractivity contribution in [1.29, 1.82) is 0 Å². The Hall–Kier alpha value is -2.88. The average molecular weight is 437 g/mol. The molecule has 0 aliphatic heterocycles. The number of carbonyl (C=O) groups excluding carboxylic acids is 1. The van der Waals surface area contributed by atoms with E-state index in [0.717, 1.165) is 30.7 Å². The quantitative estimate of drug-likeness (QED) is 0.679. The van der Waals surface area contributed by atoms with Crippen LogP contribution in [-0.4, -0.2) is 36.6 Å². The topological polar surface area (TPSA) is 98.2 Å². The Bertz CT molecular complexity index is 1050. The standard InChI is InChI=1S/C20H21F2N3O4S/c1-20(21,22)19-23-12-15(18(25-19)29-14-6-4-3-5-7-14)17(26)24-16(13-8-9-13)10-11-30(2,27)28/h3-7,10-13,16H,8-9H2,1-2H3,(H,24,26)/b11-10+. The van der Waals surface area contributed by atoms with E-state index in [1.165, 1.54) is 6.08 Å². The van der Waals surface area contributed by atoms with E-state index in [0.29, 0.717) is 12.7 Å². The Morgan fingerprint density at radius 2 is 1.97 bits per heavy atom. The first-order valence-electron chi connectivity index (χ1n) is 9.20. The van der Waals surface area contributed by atoms with E-state index in [-0.39, 0.29) is 17.4 Å². The third-order valence-electron chi connectivity index (χ3n) is 4.31. The first-order chi connectivity index (χ1) is 14.0. The number of para-hydroxylation sites is 1. The lowest BCUT2D eigenvalue weighted by Crippen LogP contribution is -2.35. The number of hydrogen-bond acceptors (Lipinski definition) is 6. The molecule has 1 aromatic carbocycles. The molecule has 0 radical (unpaired) electrons. The molecule has 160 valence electrons. The first-order valence-corrected chi connectivity index (χ1v) is 11.2. The number of halogens is 2. The van der Waals surface area contributed by atoms with Crippen molar-refractivity contribution >= 4 is 15.7 Å². The Kier molecular flexibility index (Phi) is 6.16. The van der Waals surface area contributed by atoms with E-state index >= 15 is 0 Å². The van der Waals surface area contributed by atoms with Gasteiger partial charge in [-0.25, -0.2) is 13.4 Å². The lowest BCUT2D eigenvalue weighted by Gasteiger charge is -2.17. The van der Waals surface area contributed by atoms with Gasteiger partial charge in [-0.1, -0.05) is 24.3 Å². The molecule has 1 saturated carbocycles. The second-order valence-electron chi connectivity index (χ2n) is 7.21. The van der Waals surface area contributed by atoms with Crippen LogP contribution in [0.2, 0.25) is 0 Å². The number of sulfone groups is 1. The van der Waals surface area contributed by atoms with Gasteiger partial charge in [0.15, 0.2) is 9.84 Å². The number of nitrogens with one attached hydrogen (secondary N) is 1. The highest BCUT2D eigenvalue weighted by Gasteiger charge is 2.33. The molecule has 1 aromatic heterocycles. The number of aromatic nitrogens is 2. The third kappa shape index (κ3) is 6.06. The summed E-state index contributed by atoms with van der Waals surface area (Å²) in [5.74, 6) is -4.65. The summed E-state index contributed by atoms with van der Waals surface area (Å²) in [6, 6.07) is 7.78. The number of benzene rings is 1. The van der Waals surface area contributed by atoms with E-state index < -0.39 is 33.5 Å². The normalized spacial score (nSPS) is 15.7. The fraction of sp³-hybridized carbons (Fsp3) is 0.350. The summed E-state index contributed by atoms with van der Waals surface area (Å²) in [6.07, 6.45) is 5.13. The fourth-order valence-electron chi connectivity index (χ4n) is 2.65. The highest BCUT2D eigenvalue weighted by Crippen LogP contribution is 2.34. The van der Waals surface area contributed by atoms with E-state index in [1.54, 1.807) is 30.3 Å². The van der Waals surface area contributed by atoms with Crippen LogP contribution in [0.5, 0.6) is 11.6 Å². The summed E-state index contributed by atoms with van der Waals surface area (Å²) in [4.78, 5) is 20.2. The van der Waals surface area contributed by atoms with Crippen molar-refractivity contribution in [3.05, 3.63) is 59.4 Å². The maximum atomic E-state index is 13.7. The van der Waals surface area contributed by atoms with Crippen LogP contribution in [0.4, 0.5) is 8.78 Å². The fourth-order valence-corrected chi connectivity index (χ4v) is 3.10. The SMILES string of the molecule is CC(F)(F)c1ncc(C(=O)NC(/C=C/S(C)(=O)=O)C2CC2)c(Oc2ccccc2)n1. The molecule has 1 atom stereocenters. The van der Waals surface area contributed by atoms with Gasteiger partial charge < -0.3 is 10.1 Å². The van der Waals surface area contributed by atoms with Gasteiger partial charge in [-0.15, -0.1) is 0 Å². The molecule has 3 rings (SSSR count). The maximum absolute atomic E-state index is 13.7. The Labute approximate surface area is 173 Å². The molecular formula is C20H21F2N3O4S. The molecule has 1 unspecified atom stereocenters. The van der Waals surface area contributed by atoms with Crippen molar-refractivity contribution in [1.82, 2.24) is 15.3 Å². The number of alkyl halides is 2. The van der Waals surface area contributed by atoms with Gasteiger partial charge in [-0.05, 0) is 30.9 Å². The zero-order valence-corrected chi connectivity index (χ0v) is 17.2. The molecule has 1 amide bonds. The minimum atomic E-state index is -3.36. The molecule has 1 aliphatic carbocycles. The number of rotatable bonds is 8. The first kappa shape index (κ1) is 21.8. The Morgan fingerprint density at radius 1 is 1.30 bits per heavy atom. The number of ether oxygens (including phenoxy) is 1. The van der Waals surface area contributed by atoms with E-state index in [1.807, 2.05) is 0 Å². The molecule has 1 aliphatic rings. The molecule has 2 aromatic rings. The highest BCUT2D eigenvalue weighted by molar-refractivity contribution is 7.93. The summed E-state index contributed by atoms with van der Waals surface area (Å²) in [5, 5.41) is 3.75. The number of amides is 1. The third-order valence-corrected chi connectivity index (χ3v) is 4.96. The highest BCUT2D eigenvalue weighted by atomic mass is 32.2.